The molecule has 2 nitrogen and oxygen atoms in total. The van der Waals surface area contributed by atoms with Gasteiger partial charge in [0.1, 0.15) is 11.5 Å². The van der Waals surface area contributed by atoms with Crippen molar-refractivity contribution in [1.82, 2.24) is 9.97 Å². The summed E-state index contributed by atoms with van der Waals surface area (Å²) in [6.07, 6.45) is 1.50. The van der Waals surface area contributed by atoms with E-state index < -0.39 is 0 Å². The Balaban J connectivity index is 2.22. The molecular formula is C11H7ClN2S2. The first-order valence-corrected chi connectivity index (χ1v) is 6.72. The van der Waals surface area contributed by atoms with Crippen molar-refractivity contribution in [3.8, 4) is 9.75 Å². The molecule has 3 aromatic heterocycles. The number of hydrogen-bond acceptors (Lipinski definition) is 4. The molecule has 80 valence electrons. The molecule has 0 saturated carbocycles. The third kappa shape index (κ3) is 1.63. The van der Waals surface area contributed by atoms with Gasteiger partial charge in [-0.3, -0.25) is 0 Å². The lowest BCUT2D eigenvalue weighted by molar-refractivity contribution is 1.23. The molecule has 16 heavy (non-hydrogen) atoms. The van der Waals surface area contributed by atoms with Crippen LogP contribution in [0.4, 0.5) is 0 Å². The second kappa shape index (κ2) is 3.80. The first kappa shape index (κ1) is 10.2. The van der Waals surface area contributed by atoms with Crippen molar-refractivity contribution < 1.29 is 0 Å². The molecule has 0 aliphatic rings. The number of aromatic nitrogens is 2. The Morgan fingerprint density at radius 2 is 2.00 bits per heavy atom. The summed E-state index contributed by atoms with van der Waals surface area (Å²) in [6.45, 7) is 2.11. The molecule has 3 rings (SSSR count). The van der Waals surface area contributed by atoms with Crippen molar-refractivity contribution in [2.75, 3.05) is 0 Å². The molecule has 0 amide bonds. The summed E-state index contributed by atoms with van der Waals surface area (Å²) in [5.74, 6) is 0. The van der Waals surface area contributed by atoms with Crippen LogP contribution in [0.2, 0.25) is 5.15 Å². The number of hydrogen-bond donors (Lipinski definition) is 0. The Hall–Kier alpha value is -0.970. The fourth-order valence-corrected chi connectivity index (χ4v) is 3.71. The minimum atomic E-state index is 0.537. The molecule has 0 unspecified atom stereocenters. The van der Waals surface area contributed by atoms with E-state index in [1.807, 2.05) is 0 Å². The van der Waals surface area contributed by atoms with Crippen LogP contribution < -0.4 is 0 Å². The van der Waals surface area contributed by atoms with Crippen LogP contribution in [0.25, 0.3) is 20.0 Å². The van der Waals surface area contributed by atoms with E-state index in [0.717, 1.165) is 10.2 Å². The van der Waals surface area contributed by atoms with Gasteiger partial charge in [-0.25, -0.2) is 9.97 Å². The minimum absolute atomic E-state index is 0.537. The fourth-order valence-electron chi connectivity index (χ4n) is 1.51. The second-order valence-electron chi connectivity index (χ2n) is 3.40. The van der Waals surface area contributed by atoms with E-state index >= 15 is 0 Å². The fraction of sp³-hybridized carbons (Fsp3) is 0.0909. The monoisotopic (exact) mass is 266 g/mol. The summed E-state index contributed by atoms with van der Waals surface area (Å²) in [6, 6.07) is 6.32. The van der Waals surface area contributed by atoms with Gasteiger partial charge < -0.3 is 0 Å². The van der Waals surface area contributed by atoms with Crippen molar-refractivity contribution in [3.63, 3.8) is 0 Å². The number of fused-ring (bicyclic) bond motifs is 1. The quantitative estimate of drug-likeness (QED) is 0.611. The van der Waals surface area contributed by atoms with E-state index in [2.05, 4.69) is 35.1 Å². The summed E-state index contributed by atoms with van der Waals surface area (Å²) in [4.78, 5) is 12.0. The highest BCUT2D eigenvalue weighted by molar-refractivity contribution is 7.26. The predicted molar refractivity (Wildman–Crippen MR) is 70.5 cm³/mol. The summed E-state index contributed by atoms with van der Waals surface area (Å²) in [5, 5.41) is 0.537. The highest BCUT2D eigenvalue weighted by Gasteiger charge is 2.09. The molecule has 0 N–H and O–H groups in total. The maximum atomic E-state index is 6.03. The Bertz CT molecular complexity index is 657. The molecule has 0 aliphatic heterocycles. The van der Waals surface area contributed by atoms with Gasteiger partial charge in [-0.15, -0.1) is 22.7 Å². The zero-order chi connectivity index (χ0) is 11.1. The second-order valence-corrected chi connectivity index (χ2v) is 6.10. The van der Waals surface area contributed by atoms with E-state index in [0.29, 0.717) is 5.15 Å². The zero-order valence-electron chi connectivity index (χ0n) is 8.40. The number of rotatable bonds is 1. The zero-order valence-corrected chi connectivity index (χ0v) is 10.8. The molecule has 0 saturated heterocycles. The molecule has 5 heteroatoms. The van der Waals surface area contributed by atoms with E-state index in [1.54, 1.807) is 22.7 Å². The molecule has 0 atom stereocenters. The Morgan fingerprint density at radius 1 is 1.12 bits per heavy atom. The van der Waals surface area contributed by atoms with Crippen LogP contribution in [-0.2, 0) is 0 Å². The highest BCUT2D eigenvalue weighted by Crippen LogP contribution is 2.38. The molecule has 3 heterocycles. The molecule has 3 aromatic rings. The maximum absolute atomic E-state index is 6.03. The average Bonchev–Trinajstić information content (AvgIpc) is 2.84. The number of nitrogens with zero attached hydrogens (tertiary/aromatic N) is 2. The van der Waals surface area contributed by atoms with Crippen LogP contribution in [0.5, 0.6) is 0 Å². The van der Waals surface area contributed by atoms with E-state index in [1.165, 1.54) is 21.0 Å². The largest absolute Gasteiger partial charge is 0.235 e. The van der Waals surface area contributed by atoms with Crippen LogP contribution in [-0.4, -0.2) is 9.97 Å². The molecule has 0 aromatic carbocycles. The molecule has 0 radical (unpaired) electrons. The molecule has 0 spiro atoms. The van der Waals surface area contributed by atoms with Gasteiger partial charge in [0.2, 0.25) is 0 Å². The SMILES string of the molecule is Cc1ccc(-c2cc3ncnc(Cl)c3s2)s1. The van der Waals surface area contributed by atoms with Crippen molar-refractivity contribution >= 4 is 44.5 Å². The van der Waals surface area contributed by atoms with Gasteiger partial charge in [-0.1, -0.05) is 11.6 Å². The van der Waals surface area contributed by atoms with Gasteiger partial charge in [0.05, 0.1) is 10.2 Å². The summed E-state index contributed by atoms with van der Waals surface area (Å²) in [5.41, 5.74) is 0.922. The Morgan fingerprint density at radius 3 is 2.69 bits per heavy atom. The number of halogens is 1. The van der Waals surface area contributed by atoms with Crippen LogP contribution in [0, 0.1) is 6.92 Å². The Labute approximate surface area is 106 Å². The normalized spacial score (nSPS) is 11.1. The minimum Gasteiger partial charge on any atom is -0.235 e. The van der Waals surface area contributed by atoms with Gasteiger partial charge in [0.15, 0.2) is 0 Å². The molecule has 0 fully saturated rings. The van der Waals surface area contributed by atoms with Gasteiger partial charge in [0, 0.05) is 14.6 Å². The van der Waals surface area contributed by atoms with Crippen LogP contribution in [0.15, 0.2) is 24.5 Å². The van der Waals surface area contributed by atoms with Gasteiger partial charge in [-0.2, -0.15) is 0 Å². The topological polar surface area (TPSA) is 25.8 Å². The van der Waals surface area contributed by atoms with Gasteiger partial charge in [-0.05, 0) is 25.1 Å². The third-order valence-electron chi connectivity index (χ3n) is 2.25. The molecule has 0 aliphatic carbocycles. The van der Waals surface area contributed by atoms with Crippen LogP contribution >= 0.6 is 34.3 Å². The lowest BCUT2D eigenvalue weighted by Crippen LogP contribution is -1.76. The molecular weight excluding hydrogens is 260 g/mol. The van der Waals surface area contributed by atoms with E-state index in [9.17, 15) is 0 Å². The first-order valence-electron chi connectivity index (χ1n) is 4.71. The van der Waals surface area contributed by atoms with Crippen molar-refractivity contribution in [2.24, 2.45) is 0 Å². The van der Waals surface area contributed by atoms with Gasteiger partial charge >= 0.3 is 0 Å². The van der Waals surface area contributed by atoms with Crippen molar-refractivity contribution in [2.45, 2.75) is 6.92 Å². The Kier molecular flexibility index (Phi) is 2.42. The highest BCUT2D eigenvalue weighted by atomic mass is 35.5. The van der Waals surface area contributed by atoms with Crippen LogP contribution in [0.3, 0.4) is 0 Å². The average molecular weight is 267 g/mol. The first-order chi connectivity index (χ1) is 7.74. The summed E-state index contributed by atoms with van der Waals surface area (Å²) < 4.78 is 0.963. The summed E-state index contributed by atoms with van der Waals surface area (Å²) >= 11 is 9.45. The third-order valence-corrected chi connectivity index (χ3v) is 4.98. The number of aryl methyl sites for hydroxylation is 1. The van der Waals surface area contributed by atoms with Crippen LogP contribution in [0.1, 0.15) is 4.88 Å². The lowest BCUT2D eigenvalue weighted by atomic mass is 10.3. The standard InChI is InChI=1S/C11H7ClN2S2/c1-6-2-3-8(15-6)9-4-7-10(16-9)11(12)14-5-13-7/h2-5H,1H3. The van der Waals surface area contributed by atoms with E-state index in [-0.39, 0.29) is 0 Å². The number of thiophene rings is 2. The molecule has 0 bridgehead atoms. The summed E-state index contributed by atoms with van der Waals surface area (Å²) in [7, 11) is 0. The predicted octanol–water partition coefficient (Wildman–Crippen LogP) is 4.38. The van der Waals surface area contributed by atoms with E-state index in [4.69, 9.17) is 11.6 Å². The van der Waals surface area contributed by atoms with Crippen molar-refractivity contribution in [1.29, 1.82) is 0 Å². The van der Waals surface area contributed by atoms with Gasteiger partial charge in [0.25, 0.3) is 0 Å². The maximum Gasteiger partial charge on any atom is 0.150 e. The van der Waals surface area contributed by atoms with Crippen molar-refractivity contribution in [3.05, 3.63) is 34.6 Å². The smallest absolute Gasteiger partial charge is 0.150 e. The lowest BCUT2D eigenvalue weighted by Gasteiger charge is -1.88.